The van der Waals surface area contributed by atoms with Gasteiger partial charge in [0.05, 0.1) is 24.4 Å². The quantitative estimate of drug-likeness (QED) is 0.815. The van der Waals surface area contributed by atoms with E-state index in [0.717, 1.165) is 30.9 Å². The smallest absolute Gasteiger partial charge is 0.0951 e. The Morgan fingerprint density at radius 2 is 2.25 bits per heavy atom. The molecule has 0 aromatic carbocycles. The van der Waals surface area contributed by atoms with E-state index >= 15 is 0 Å². The summed E-state index contributed by atoms with van der Waals surface area (Å²) in [5.74, 6) is 0. The summed E-state index contributed by atoms with van der Waals surface area (Å²) < 4.78 is 4.05. The summed E-state index contributed by atoms with van der Waals surface area (Å²) in [6.07, 6.45) is 7.67. The summed E-state index contributed by atoms with van der Waals surface area (Å²) >= 11 is 0. The Morgan fingerprint density at radius 3 is 2.94 bits per heavy atom. The van der Waals surface area contributed by atoms with Crippen molar-refractivity contribution >= 4 is 0 Å². The molecular weight excluding hydrogens is 202 g/mol. The minimum Gasteiger partial charge on any atom is -0.329 e. The summed E-state index contributed by atoms with van der Waals surface area (Å²) in [5, 5.41) is 7.40. The van der Waals surface area contributed by atoms with Crippen LogP contribution < -0.4 is 5.32 Å². The van der Waals surface area contributed by atoms with Crippen molar-refractivity contribution in [3.63, 3.8) is 0 Å². The van der Waals surface area contributed by atoms with Crippen molar-refractivity contribution in [2.45, 2.75) is 20.0 Å². The molecular formula is C11H17N5. The summed E-state index contributed by atoms with van der Waals surface area (Å²) in [6, 6.07) is 0. The van der Waals surface area contributed by atoms with E-state index in [1.807, 2.05) is 36.6 Å². The van der Waals surface area contributed by atoms with E-state index in [1.165, 1.54) is 0 Å². The SMILES string of the molecule is CCn1cc(-c2cncn2CCNC)cn1. The molecule has 0 saturated carbocycles. The highest BCUT2D eigenvalue weighted by molar-refractivity contribution is 5.56. The van der Waals surface area contributed by atoms with Crippen LogP contribution in [0.3, 0.4) is 0 Å². The molecule has 5 nitrogen and oxygen atoms in total. The van der Waals surface area contributed by atoms with Crippen molar-refractivity contribution in [2.24, 2.45) is 0 Å². The summed E-state index contributed by atoms with van der Waals surface area (Å²) in [5.41, 5.74) is 2.24. The fourth-order valence-electron chi connectivity index (χ4n) is 1.64. The van der Waals surface area contributed by atoms with Gasteiger partial charge < -0.3 is 9.88 Å². The Hall–Kier alpha value is -1.62. The Balaban J connectivity index is 2.22. The van der Waals surface area contributed by atoms with Crippen molar-refractivity contribution in [3.05, 3.63) is 24.9 Å². The number of aromatic nitrogens is 4. The van der Waals surface area contributed by atoms with Gasteiger partial charge in [-0.25, -0.2) is 4.98 Å². The van der Waals surface area contributed by atoms with Crippen LogP contribution in [0.4, 0.5) is 0 Å². The number of nitrogens with one attached hydrogen (secondary N) is 1. The summed E-state index contributed by atoms with van der Waals surface area (Å²) in [6.45, 7) is 4.83. The number of nitrogens with zero attached hydrogens (tertiary/aromatic N) is 4. The van der Waals surface area contributed by atoms with E-state index in [-0.39, 0.29) is 0 Å². The normalized spacial score (nSPS) is 10.9. The summed E-state index contributed by atoms with van der Waals surface area (Å²) in [4.78, 5) is 4.18. The van der Waals surface area contributed by atoms with Crippen molar-refractivity contribution in [3.8, 4) is 11.3 Å². The van der Waals surface area contributed by atoms with E-state index in [4.69, 9.17) is 0 Å². The molecule has 2 rings (SSSR count). The zero-order chi connectivity index (χ0) is 11.4. The standard InChI is InChI=1S/C11H17N5/c1-3-16-8-10(6-14-16)11-7-13-9-15(11)5-4-12-2/h6-9,12H,3-5H2,1-2H3. The molecule has 0 amide bonds. The highest BCUT2D eigenvalue weighted by atomic mass is 15.3. The van der Waals surface area contributed by atoms with Gasteiger partial charge >= 0.3 is 0 Å². The molecule has 0 radical (unpaired) electrons. The first kappa shape index (κ1) is 10.9. The van der Waals surface area contributed by atoms with Gasteiger partial charge in [-0.1, -0.05) is 0 Å². The molecule has 0 bridgehead atoms. The third kappa shape index (κ3) is 2.14. The second kappa shape index (κ2) is 4.94. The monoisotopic (exact) mass is 219 g/mol. The molecule has 0 aliphatic heterocycles. The van der Waals surface area contributed by atoms with E-state index in [2.05, 4.69) is 26.9 Å². The van der Waals surface area contributed by atoms with Crippen LogP contribution in [0.1, 0.15) is 6.92 Å². The number of likely N-dealkylation sites (N-methyl/N-ethyl adjacent to an activating group) is 1. The van der Waals surface area contributed by atoms with Gasteiger partial charge in [0.25, 0.3) is 0 Å². The minimum atomic E-state index is 0.894. The van der Waals surface area contributed by atoms with Crippen LogP contribution in [0.25, 0.3) is 11.3 Å². The van der Waals surface area contributed by atoms with Crippen LogP contribution in [0, 0.1) is 0 Å². The second-order valence-corrected chi connectivity index (χ2v) is 3.66. The third-order valence-corrected chi connectivity index (χ3v) is 2.57. The maximum Gasteiger partial charge on any atom is 0.0951 e. The van der Waals surface area contributed by atoms with Gasteiger partial charge in [0.1, 0.15) is 0 Å². The Morgan fingerprint density at radius 1 is 1.38 bits per heavy atom. The summed E-state index contributed by atoms with van der Waals surface area (Å²) in [7, 11) is 1.95. The Kier molecular flexibility index (Phi) is 3.36. The van der Waals surface area contributed by atoms with Crippen molar-refractivity contribution < 1.29 is 0 Å². The Labute approximate surface area is 95.1 Å². The predicted octanol–water partition coefficient (Wildman–Crippen LogP) is 0.986. The molecule has 0 spiro atoms. The zero-order valence-corrected chi connectivity index (χ0v) is 9.72. The molecule has 1 N–H and O–H groups in total. The van der Waals surface area contributed by atoms with Crippen molar-refractivity contribution in [1.29, 1.82) is 0 Å². The molecule has 0 unspecified atom stereocenters. The maximum atomic E-state index is 4.27. The van der Waals surface area contributed by atoms with E-state index in [1.54, 1.807) is 0 Å². The van der Waals surface area contributed by atoms with Gasteiger partial charge in [0.2, 0.25) is 0 Å². The highest BCUT2D eigenvalue weighted by Crippen LogP contribution is 2.17. The number of imidazole rings is 1. The van der Waals surface area contributed by atoms with Crippen molar-refractivity contribution in [1.82, 2.24) is 24.6 Å². The van der Waals surface area contributed by atoms with Gasteiger partial charge in [-0.05, 0) is 14.0 Å². The van der Waals surface area contributed by atoms with Crippen LogP contribution in [-0.2, 0) is 13.1 Å². The van der Waals surface area contributed by atoms with Gasteiger partial charge in [-0.3, -0.25) is 4.68 Å². The first-order valence-electron chi connectivity index (χ1n) is 5.52. The topological polar surface area (TPSA) is 47.7 Å². The molecule has 16 heavy (non-hydrogen) atoms. The number of hydrogen-bond donors (Lipinski definition) is 1. The van der Waals surface area contributed by atoms with Gasteiger partial charge in [0.15, 0.2) is 0 Å². The molecule has 0 aliphatic rings. The molecule has 2 aromatic rings. The van der Waals surface area contributed by atoms with E-state index in [0.29, 0.717) is 0 Å². The molecule has 0 atom stereocenters. The lowest BCUT2D eigenvalue weighted by Crippen LogP contribution is -2.14. The van der Waals surface area contributed by atoms with Crippen LogP contribution in [-0.4, -0.2) is 32.9 Å². The second-order valence-electron chi connectivity index (χ2n) is 3.66. The number of aryl methyl sites for hydroxylation is 1. The van der Waals surface area contributed by atoms with Crippen LogP contribution >= 0.6 is 0 Å². The highest BCUT2D eigenvalue weighted by Gasteiger charge is 2.06. The third-order valence-electron chi connectivity index (χ3n) is 2.57. The van der Waals surface area contributed by atoms with E-state index < -0.39 is 0 Å². The van der Waals surface area contributed by atoms with Crippen molar-refractivity contribution in [2.75, 3.05) is 13.6 Å². The number of rotatable bonds is 5. The average molecular weight is 219 g/mol. The van der Waals surface area contributed by atoms with E-state index in [9.17, 15) is 0 Å². The molecule has 0 saturated heterocycles. The lowest BCUT2D eigenvalue weighted by atomic mass is 10.3. The number of hydrogen-bond acceptors (Lipinski definition) is 3. The molecule has 0 aliphatic carbocycles. The molecule has 0 fully saturated rings. The molecule has 5 heteroatoms. The first-order chi connectivity index (χ1) is 7.85. The van der Waals surface area contributed by atoms with Gasteiger partial charge in [0, 0.05) is 31.4 Å². The van der Waals surface area contributed by atoms with Crippen LogP contribution in [0.5, 0.6) is 0 Å². The average Bonchev–Trinajstić information content (AvgIpc) is 2.94. The maximum absolute atomic E-state index is 4.27. The fourth-order valence-corrected chi connectivity index (χ4v) is 1.64. The Bertz CT molecular complexity index is 443. The molecule has 86 valence electrons. The van der Waals surface area contributed by atoms with Crippen LogP contribution in [0.15, 0.2) is 24.9 Å². The zero-order valence-electron chi connectivity index (χ0n) is 9.72. The molecule has 2 heterocycles. The largest absolute Gasteiger partial charge is 0.329 e. The van der Waals surface area contributed by atoms with Gasteiger partial charge in [-0.2, -0.15) is 5.10 Å². The lowest BCUT2D eigenvalue weighted by Gasteiger charge is -2.05. The predicted molar refractivity (Wildman–Crippen MR) is 63.0 cm³/mol. The van der Waals surface area contributed by atoms with Gasteiger partial charge in [-0.15, -0.1) is 0 Å². The minimum absolute atomic E-state index is 0.894. The fraction of sp³-hybridized carbons (Fsp3) is 0.455. The molecule has 2 aromatic heterocycles. The first-order valence-corrected chi connectivity index (χ1v) is 5.52. The van der Waals surface area contributed by atoms with Crippen LogP contribution in [0.2, 0.25) is 0 Å². The lowest BCUT2D eigenvalue weighted by molar-refractivity contribution is 0.648.